The van der Waals surface area contributed by atoms with E-state index in [1.165, 1.54) is 5.56 Å². The maximum Gasteiger partial charge on any atom is 0.214 e. The van der Waals surface area contributed by atoms with Gasteiger partial charge in [0.1, 0.15) is 11.2 Å². The lowest BCUT2D eigenvalue weighted by atomic mass is 10.0. The maximum atomic E-state index is 6.12. The number of fused-ring (bicyclic) bond motifs is 1. The van der Waals surface area contributed by atoms with Crippen LogP contribution in [0.25, 0.3) is 33.4 Å². The van der Waals surface area contributed by atoms with Gasteiger partial charge in [0.25, 0.3) is 0 Å². The van der Waals surface area contributed by atoms with Crippen molar-refractivity contribution in [2.24, 2.45) is 0 Å². The van der Waals surface area contributed by atoms with Crippen LogP contribution in [0, 0.1) is 6.92 Å². The van der Waals surface area contributed by atoms with Gasteiger partial charge in [0.05, 0.1) is 5.69 Å². The van der Waals surface area contributed by atoms with Crippen molar-refractivity contribution < 1.29 is 4.74 Å². The van der Waals surface area contributed by atoms with E-state index in [1.807, 2.05) is 51.2 Å². The topological polar surface area (TPSA) is 50.8 Å². The Labute approximate surface area is 159 Å². The van der Waals surface area contributed by atoms with Gasteiger partial charge in [0, 0.05) is 35.0 Å². The van der Waals surface area contributed by atoms with Crippen molar-refractivity contribution in [3.05, 3.63) is 66.5 Å². The van der Waals surface area contributed by atoms with Crippen molar-refractivity contribution in [2.45, 2.75) is 33.3 Å². The number of benzene rings is 1. The highest BCUT2D eigenvalue weighted by atomic mass is 16.5. The number of nitrogens with zero attached hydrogens (tertiary/aromatic N) is 2. The van der Waals surface area contributed by atoms with Crippen molar-refractivity contribution >= 4 is 11.0 Å². The number of aromatic nitrogens is 3. The number of aryl methyl sites for hydroxylation is 1. The standard InChI is InChI=1S/C23H23N3O/c1-15-8-5-6-9-17(15)20-12-16(13-21(26-20)27-23(2,3)4)19-14-25-22-18(19)10-7-11-24-22/h5-14H,1-4H3,(H,24,25). The molecule has 0 aliphatic carbocycles. The van der Waals surface area contributed by atoms with Crippen LogP contribution in [-0.4, -0.2) is 20.6 Å². The number of H-pyrrole nitrogens is 1. The quantitative estimate of drug-likeness (QED) is 0.506. The van der Waals surface area contributed by atoms with E-state index in [9.17, 15) is 0 Å². The summed E-state index contributed by atoms with van der Waals surface area (Å²) in [7, 11) is 0. The first kappa shape index (κ1) is 17.3. The molecule has 136 valence electrons. The van der Waals surface area contributed by atoms with Crippen LogP contribution in [-0.2, 0) is 0 Å². The number of aromatic amines is 1. The minimum atomic E-state index is -0.323. The van der Waals surface area contributed by atoms with E-state index in [0.717, 1.165) is 33.4 Å². The molecule has 1 N–H and O–H groups in total. The lowest BCUT2D eigenvalue weighted by Crippen LogP contribution is -2.23. The molecule has 0 radical (unpaired) electrons. The van der Waals surface area contributed by atoms with E-state index in [4.69, 9.17) is 9.72 Å². The summed E-state index contributed by atoms with van der Waals surface area (Å²) in [5.74, 6) is 0.622. The molecule has 0 aliphatic rings. The lowest BCUT2D eigenvalue weighted by Gasteiger charge is -2.21. The largest absolute Gasteiger partial charge is 0.472 e. The fourth-order valence-corrected chi connectivity index (χ4v) is 3.22. The van der Waals surface area contributed by atoms with Crippen LogP contribution in [0.3, 0.4) is 0 Å². The van der Waals surface area contributed by atoms with Crippen molar-refractivity contribution in [1.29, 1.82) is 0 Å². The fraction of sp³-hybridized carbons (Fsp3) is 0.217. The van der Waals surface area contributed by atoms with Gasteiger partial charge < -0.3 is 9.72 Å². The van der Waals surface area contributed by atoms with Crippen LogP contribution in [0.4, 0.5) is 0 Å². The minimum absolute atomic E-state index is 0.323. The SMILES string of the molecule is Cc1ccccc1-c1cc(-c2c[nH]c3ncccc23)cc(OC(C)(C)C)n1. The normalized spacial score (nSPS) is 11.7. The average Bonchev–Trinajstić information content (AvgIpc) is 3.04. The molecule has 0 bridgehead atoms. The molecule has 4 aromatic rings. The second kappa shape index (κ2) is 6.54. The molecule has 3 aromatic heterocycles. The predicted octanol–water partition coefficient (Wildman–Crippen LogP) is 5.78. The number of ether oxygens (including phenoxy) is 1. The molecule has 0 fully saturated rings. The molecule has 4 nitrogen and oxygen atoms in total. The van der Waals surface area contributed by atoms with Gasteiger partial charge in [-0.2, -0.15) is 0 Å². The summed E-state index contributed by atoms with van der Waals surface area (Å²) >= 11 is 0. The summed E-state index contributed by atoms with van der Waals surface area (Å²) in [5.41, 5.74) is 5.90. The molecule has 4 heteroatoms. The van der Waals surface area contributed by atoms with Crippen LogP contribution in [0.15, 0.2) is 60.9 Å². The highest BCUT2D eigenvalue weighted by Gasteiger charge is 2.17. The minimum Gasteiger partial charge on any atom is -0.472 e. The molecule has 3 heterocycles. The molecule has 4 rings (SSSR count). The molecule has 1 aromatic carbocycles. The van der Waals surface area contributed by atoms with Gasteiger partial charge in [-0.05, 0) is 57.0 Å². The first-order valence-electron chi connectivity index (χ1n) is 9.10. The summed E-state index contributed by atoms with van der Waals surface area (Å²) < 4.78 is 6.12. The smallest absolute Gasteiger partial charge is 0.214 e. The third-order valence-electron chi connectivity index (χ3n) is 4.40. The zero-order valence-corrected chi connectivity index (χ0v) is 16.1. The van der Waals surface area contributed by atoms with Gasteiger partial charge in [0.2, 0.25) is 5.88 Å². The molecule has 27 heavy (non-hydrogen) atoms. The Balaban J connectivity index is 1.92. The number of pyridine rings is 2. The molecule has 0 aliphatic heterocycles. The third kappa shape index (κ3) is 3.56. The van der Waals surface area contributed by atoms with Gasteiger partial charge in [-0.25, -0.2) is 9.97 Å². The highest BCUT2D eigenvalue weighted by Crippen LogP contribution is 2.34. The Morgan fingerprint density at radius 3 is 2.56 bits per heavy atom. The van der Waals surface area contributed by atoms with Crippen molar-refractivity contribution in [1.82, 2.24) is 15.0 Å². The Hall–Kier alpha value is -3.14. The molecule has 0 unspecified atom stereocenters. The van der Waals surface area contributed by atoms with E-state index in [0.29, 0.717) is 5.88 Å². The fourth-order valence-electron chi connectivity index (χ4n) is 3.22. The van der Waals surface area contributed by atoms with Gasteiger partial charge >= 0.3 is 0 Å². The Bertz CT molecular complexity index is 1110. The van der Waals surface area contributed by atoms with Crippen LogP contribution in [0.2, 0.25) is 0 Å². The van der Waals surface area contributed by atoms with Crippen LogP contribution < -0.4 is 4.74 Å². The van der Waals surface area contributed by atoms with E-state index in [1.54, 1.807) is 6.20 Å². The number of hydrogen-bond acceptors (Lipinski definition) is 3. The summed E-state index contributed by atoms with van der Waals surface area (Å²) in [6.07, 6.45) is 3.79. The lowest BCUT2D eigenvalue weighted by molar-refractivity contribution is 0.124. The van der Waals surface area contributed by atoms with Crippen LogP contribution in [0.5, 0.6) is 5.88 Å². The molecule has 0 saturated heterocycles. The Morgan fingerprint density at radius 2 is 1.78 bits per heavy atom. The van der Waals surface area contributed by atoms with Gasteiger partial charge in [-0.15, -0.1) is 0 Å². The Kier molecular flexibility index (Phi) is 4.19. The highest BCUT2D eigenvalue weighted by molar-refractivity contribution is 5.94. The summed E-state index contributed by atoms with van der Waals surface area (Å²) in [5, 5.41) is 1.08. The second-order valence-electron chi connectivity index (χ2n) is 7.71. The molecular formula is C23H23N3O. The third-order valence-corrected chi connectivity index (χ3v) is 4.40. The summed E-state index contributed by atoms with van der Waals surface area (Å²) in [4.78, 5) is 12.4. The van der Waals surface area contributed by atoms with E-state index in [-0.39, 0.29) is 5.60 Å². The molecular weight excluding hydrogens is 334 g/mol. The average molecular weight is 357 g/mol. The molecule has 0 spiro atoms. The van der Waals surface area contributed by atoms with Crippen molar-refractivity contribution in [3.63, 3.8) is 0 Å². The number of rotatable bonds is 3. The first-order chi connectivity index (χ1) is 12.9. The van der Waals surface area contributed by atoms with Gasteiger partial charge in [-0.1, -0.05) is 24.3 Å². The molecule has 0 atom stereocenters. The van der Waals surface area contributed by atoms with E-state index < -0.39 is 0 Å². The predicted molar refractivity (Wildman–Crippen MR) is 110 cm³/mol. The molecule has 0 saturated carbocycles. The van der Waals surface area contributed by atoms with Crippen LogP contribution >= 0.6 is 0 Å². The van der Waals surface area contributed by atoms with Gasteiger partial charge in [-0.3, -0.25) is 0 Å². The van der Waals surface area contributed by atoms with Crippen molar-refractivity contribution in [2.75, 3.05) is 0 Å². The Morgan fingerprint density at radius 1 is 0.963 bits per heavy atom. The summed E-state index contributed by atoms with van der Waals surface area (Å²) in [6.45, 7) is 8.20. The maximum absolute atomic E-state index is 6.12. The van der Waals surface area contributed by atoms with E-state index >= 15 is 0 Å². The number of nitrogens with one attached hydrogen (secondary N) is 1. The molecule has 0 amide bonds. The number of hydrogen-bond donors (Lipinski definition) is 1. The second-order valence-corrected chi connectivity index (χ2v) is 7.71. The van der Waals surface area contributed by atoms with Crippen molar-refractivity contribution in [3.8, 4) is 28.3 Å². The van der Waals surface area contributed by atoms with Crippen LogP contribution in [0.1, 0.15) is 26.3 Å². The first-order valence-corrected chi connectivity index (χ1v) is 9.10. The van der Waals surface area contributed by atoms with Gasteiger partial charge in [0.15, 0.2) is 0 Å². The monoisotopic (exact) mass is 357 g/mol. The zero-order valence-electron chi connectivity index (χ0n) is 16.1. The summed E-state index contributed by atoms with van der Waals surface area (Å²) in [6, 6.07) is 16.4. The van der Waals surface area contributed by atoms with E-state index in [2.05, 4.69) is 41.2 Å². The zero-order chi connectivity index (χ0) is 19.0.